The summed E-state index contributed by atoms with van der Waals surface area (Å²) < 4.78 is 5.27. The molecule has 1 fully saturated rings. The van der Waals surface area contributed by atoms with Gasteiger partial charge in [0.1, 0.15) is 0 Å². The molecule has 2 rings (SSSR count). The summed E-state index contributed by atoms with van der Waals surface area (Å²) in [5.74, 6) is 0.460. The Morgan fingerprint density at radius 2 is 2.18 bits per heavy atom. The van der Waals surface area contributed by atoms with E-state index in [1.807, 2.05) is 24.9 Å². The van der Waals surface area contributed by atoms with Crippen molar-refractivity contribution in [2.24, 2.45) is 0 Å². The first-order chi connectivity index (χ1) is 8.11. The SMILES string of the molecule is Cc1ccoc1C(=O)N(C)C1CCCCC1Br. The normalized spacial score (nSPS) is 24.6. The van der Waals surface area contributed by atoms with E-state index in [0.29, 0.717) is 10.6 Å². The highest BCUT2D eigenvalue weighted by Gasteiger charge is 2.30. The zero-order chi connectivity index (χ0) is 12.4. The summed E-state index contributed by atoms with van der Waals surface area (Å²) in [4.78, 5) is 14.5. The number of carbonyl (C=O) groups excluding carboxylic acids is 1. The van der Waals surface area contributed by atoms with Crippen molar-refractivity contribution < 1.29 is 9.21 Å². The summed E-state index contributed by atoms with van der Waals surface area (Å²) in [6.45, 7) is 1.90. The van der Waals surface area contributed by atoms with E-state index >= 15 is 0 Å². The number of hydrogen-bond acceptors (Lipinski definition) is 2. The molecule has 0 radical (unpaired) electrons. The number of nitrogens with zero attached hydrogens (tertiary/aromatic N) is 1. The van der Waals surface area contributed by atoms with Crippen LogP contribution in [0.1, 0.15) is 41.8 Å². The molecule has 94 valence electrons. The van der Waals surface area contributed by atoms with Gasteiger partial charge in [0.25, 0.3) is 5.91 Å². The molecule has 0 saturated heterocycles. The lowest BCUT2D eigenvalue weighted by molar-refractivity contribution is 0.0671. The molecule has 1 heterocycles. The Hall–Kier alpha value is -0.770. The molecule has 1 amide bonds. The lowest BCUT2D eigenvalue weighted by atomic mass is 9.94. The highest BCUT2D eigenvalue weighted by molar-refractivity contribution is 9.09. The summed E-state index contributed by atoms with van der Waals surface area (Å²) >= 11 is 3.68. The predicted octanol–water partition coefficient (Wildman–Crippen LogP) is 3.37. The van der Waals surface area contributed by atoms with Crippen LogP contribution < -0.4 is 0 Å². The summed E-state index contributed by atoms with van der Waals surface area (Å²) in [5, 5.41) is 0. The smallest absolute Gasteiger partial charge is 0.289 e. The Balaban J connectivity index is 2.11. The monoisotopic (exact) mass is 299 g/mol. The van der Waals surface area contributed by atoms with Crippen LogP contribution in [0.3, 0.4) is 0 Å². The zero-order valence-electron chi connectivity index (χ0n) is 10.3. The molecule has 0 N–H and O–H groups in total. The van der Waals surface area contributed by atoms with E-state index in [1.54, 1.807) is 6.26 Å². The molecule has 1 aliphatic rings. The molecule has 0 aliphatic heterocycles. The third kappa shape index (κ3) is 2.57. The number of alkyl halides is 1. The molecule has 17 heavy (non-hydrogen) atoms. The van der Waals surface area contributed by atoms with E-state index in [0.717, 1.165) is 18.4 Å². The van der Waals surface area contributed by atoms with Crippen molar-refractivity contribution in [1.29, 1.82) is 0 Å². The summed E-state index contributed by atoms with van der Waals surface area (Å²) in [6, 6.07) is 2.11. The molecule has 1 aromatic heterocycles. The number of aryl methyl sites for hydroxylation is 1. The minimum absolute atomic E-state index is 0.0103. The van der Waals surface area contributed by atoms with Gasteiger partial charge in [-0.2, -0.15) is 0 Å². The van der Waals surface area contributed by atoms with Crippen molar-refractivity contribution in [3.63, 3.8) is 0 Å². The maximum Gasteiger partial charge on any atom is 0.289 e. The topological polar surface area (TPSA) is 33.5 Å². The van der Waals surface area contributed by atoms with E-state index < -0.39 is 0 Å². The minimum atomic E-state index is -0.0103. The van der Waals surface area contributed by atoms with Gasteiger partial charge in [-0.3, -0.25) is 4.79 Å². The first-order valence-electron chi connectivity index (χ1n) is 6.06. The van der Waals surface area contributed by atoms with Crippen LogP contribution in [0.2, 0.25) is 0 Å². The molecule has 1 aliphatic carbocycles. The molecular weight excluding hydrogens is 282 g/mol. The highest BCUT2D eigenvalue weighted by atomic mass is 79.9. The molecule has 0 aromatic carbocycles. The van der Waals surface area contributed by atoms with Gasteiger partial charge in [0.05, 0.1) is 6.26 Å². The third-order valence-electron chi connectivity index (χ3n) is 3.52. The van der Waals surface area contributed by atoms with E-state index in [4.69, 9.17) is 4.42 Å². The van der Waals surface area contributed by atoms with Crippen LogP contribution in [0, 0.1) is 6.92 Å². The van der Waals surface area contributed by atoms with Crippen LogP contribution in [-0.2, 0) is 0 Å². The van der Waals surface area contributed by atoms with Gasteiger partial charge in [-0.1, -0.05) is 28.8 Å². The molecule has 2 unspecified atom stereocenters. The van der Waals surface area contributed by atoms with Crippen molar-refractivity contribution in [2.75, 3.05) is 7.05 Å². The average molecular weight is 300 g/mol. The van der Waals surface area contributed by atoms with Crippen LogP contribution in [-0.4, -0.2) is 28.7 Å². The standard InChI is InChI=1S/C13H18BrNO2/c1-9-7-8-17-12(9)13(16)15(2)11-6-4-3-5-10(11)14/h7-8,10-11H,3-6H2,1-2H3. The Bertz CT molecular complexity index is 402. The molecule has 2 atom stereocenters. The highest BCUT2D eigenvalue weighted by Crippen LogP contribution is 2.29. The number of carbonyl (C=O) groups is 1. The molecule has 4 heteroatoms. The van der Waals surface area contributed by atoms with Crippen molar-refractivity contribution in [3.05, 3.63) is 23.7 Å². The number of amides is 1. The first-order valence-corrected chi connectivity index (χ1v) is 6.98. The Morgan fingerprint density at radius 1 is 1.47 bits per heavy atom. The maximum atomic E-state index is 12.3. The van der Waals surface area contributed by atoms with Gasteiger partial charge in [0.2, 0.25) is 0 Å². The van der Waals surface area contributed by atoms with E-state index in [9.17, 15) is 4.79 Å². The number of halogens is 1. The number of hydrogen-bond donors (Lipinski definition) is 0. The number of rotatable bonds is 2. The Labute approximate surface area is 110 Å². The summed E-state index contributed by atoms with van der Waals surface area (Å²) in [6.07, 6.45) is 6.22. The van der Waals surface area contributed by atoms with Gasteiger partial charge in [0.15, 0.2) is 5.76 Å². The molecule has 0 spiro atoms. The average Bonchev–Trinajstić information content (AvgIpc) is 2.74. The Kier molecular flexibility index (Phi) is 3.92. The van der Waals surface area contributed by atoms with Gasteiger partial charge < -0.3 is 9.32 Å². The second-order valence-corrected chi connectivity index (χ2v) is 5.89. The first kappa shape index (κ1) is 12.7. The van der Waals surface area contributed by atoms with Crippen LogP contribution >= 0.6 is 15.9 Å². The largest absolute Gasteiger partial charge is 0.459 e. The fraction of sp³-hybridized carbons (Fsp3) is 0.615. The van der Waals surface area contributed by atoms with Crippen LogP contribution in [0.4, 0.5) is 0 Å². The van der Waals surface area contributed by atoms with Crippen molar-refractivity contribution >= 4 is 21.8 Å². The van der Waals surface area contributed by atoms with Gasteiger partial charge in [0, 0.05) is 23.5 Å². The van der Waals surface area contributed by atoms with Gasteiger partial charge in [-0.05, 0) is 25.8 Å². The zero-order valence-corrected chi connectivity index (χ0v) is 11.9. The summed E-state index contributed by atoms with van der Waals surface area (Å²) in [5.41, 5.74) is 0.906. The molecule has 0 bridgehead atoms. The minimum Gasteiger partial charge on any atom is -0.459 e. The van der Waals surface area contributed by atoms with Gasteiger partial charge >= 0.3 is 0 Å². The second-order valence-electron chi connectivity index (χ2n) is 4.72. The van der Waals surface area contributed by atoms with Gasteiger partial charge in [-0.15, -0.1) is 0 Å². The fourth-order valence-electron chi connectivity index (χ4n) is 2.40. The fourth-order valence-corrected chi connectivity index (χ4v) is 3.35. The van der Waals surface area contributed by atoms with Crippen LogP contribution in [0.5, 0.6) is 0 Å². The second kappa shape index (κ2) is 5.25. The van der Waals surface area contributed by atoms with Crippen LogP contribution in [0.15, 0.2) is 16.7 Å². The Morgan fingerprint density at radius 3 is 2.76 bits per heavy atom. The molecule has 1 saturated carbocycles. The van der Waals surface area contributed by atoms with Crippen molar-refractivity contribution in [3.8, 4) is 0 Å². The lowest BCUT2D eigenvalue weighted by Crippen LogP contribution is -2.44. The van der Waals surface area contributed by atoms with E-state index in [2.05, 4.69) is 15.9 Å². The van der Waals surface area contributed by atoms with Crippen molar-refractivity contribution in [1.82, 2.24) is 4.90 Å². The van der Waals surface area contributed by atoms with Gasteiger partial charge in [-0.25, -0.2) is 0 Å². The summed E-state index contributed by atoms with van der Waals surface area (Å²) in [7, 11) is 1.87. The van der Waals surface area contributed by atoms with E-state index in [1.165, 1.54) is 12.8 Å². The number of furan rings is 1. The quantitative estimate of drug-likeness (QED) is 0.785. The molecular formula is C13H18BrNO2. The molecule has 1 aromatic rings. The molecule has 3 nitrogen and oxygen atoms in total. The maximum absolute atomic E-state index is 12.3. The third-order valence-corrected chi connectivity index (χ3v) is 4.59. The predicted molar refractivity (Wildman–Crippen MR) is 70.5 cm³/mol. The lowest BCUT2D eigenvalue weighted by Gasteiger charge is -2.34. The van der Waals surface area contributed by atoms with Crippen molar-refractivity contribution in [2.45, 2.75) is 43.5 Å². The van der Waals surface area contributed by atoms with E-state index in [-0.39, 0.29) is 11.9 Å². The van der Waals surface area contributed by atoms with Crippen LogP contribution in [0.25, 0.3) is 0 Å².